The fourth-order valence-electron chi connectivity index (χ4n) is 20.6. The molecule has 6 nitrogen and oxygen atoms in total. The van der Waals surface area contributed by atoms with E-state index in [1.165, 1.54) is 163 Å². The second-order valence-corrected chi connectivity index (χ2v) is 25.7. The highest BCUT2D eigenvalue weighted by Crippen LogP contribution is 2.64. The zero-order valence-electron chi connectivity index (χ0n) is 39.7. The number of aromatic nitrogens is 2. The summed E-state index contributed by atoms with van der Waals surface area (Å²) in [6.45, 7) is 0. The van der Waals surface area contributed by atoms with Crippen molar-refractivity contribution in [2.24, 2.45) is 35.5 Å². The molecule has 12 bridgehead atoms. The summed E-state index contributed by atoms with van der Waals surface area (Å²) in [5, 5.41) is 33.0. The summed E-state index contributed by atoms with van der Waals surface area (Å²) in [6.07, 6.45) is 20.4. The Morgan fingerprint density at radius 3 is 1.10 bits per heavy atom. The van der Waals surface area contributed by atoms with Crippen molar-refractivity contribution in [1.29, 1.82) is 10.5 Å². The molecule has 0 aliphatic heterocycles. The molecular formula is C64H54N4O2. The van der Waals surface area contributed by atoms with Gasteiger partial charge in [0, 0.05) is 66.1 Å². The van der Waals surface area contributed by atoms with Crippen LogP contribution in [0.4, 0.5) is 0 Å². The minimum Gasteiger partial charge on any atom is -0.308 e. The Bertz CT molecular complexity index is 3840. The highest BCUT2D eigenvalue weighted by Gasteiger charge is 2.48. The van der Waals surface area contributed by atoms with Gasteiger partial charge in [0.05, 0.1) is 56.4 Å². The van der Waals surface area contributed by atoms with Crippen LogP contribution >= 0.6 is 0 Å². The van der Waals surface area contributed by atoms with Gasteiger partial charge in [0.25, 0.3) is 0 Å². The third kappa shape index (κ3) is 4.22. The molecule has 6 saturated carbocycles. The lowest BCUT2D eigenvalue weighted by Gasteiger charge is -2.38. The summed E-state index contributed by atoms with van der Waals surface area (Å²) >= 11 is 0. The van der Waals surface area contributed by atoms with Gasteiger partial charge in [-0.25, -0.2) is 0 Å². The summed E-state index contributed by atoms with van der Waals surface area (Å²) in [5.41, 5.74) is 19.0. The van der Waals surface area contributed by atoms with Crippen molar-refractivity contribution in [3.63, 3.8) is 0 Å². The van der Waals surface area contributed by atoms with Gasteiger partial charge in [-0.3, -0.25) is 9.59 Å². The number of rotatable bonds is 0. The Labute approximate surface area is 405 Å². The van der Waals surface area contributed by atoms with E-state index in [9.17, 15) is 20.1 Å². The third-order valence-corrected chi connectivity index (χ3v) is 22.8. The van der Waals surface area contributed by atoms with E-state index in [1.807, 2.05) is 0 Å². The normalized spacial score (nSPS) is 33.3. The van der Waals surface area contributed by atoms with Gasteiger partial charge in [0.15, 0.2) is 11.6 Å². The number of carbonyl (C=O) groups is 2. The molecule has 342 valence electrons. The number of nitrogens with zero attached hydrogens (tertiary/aromatic N) is 4. The highest BCUT2D eigenvalue weighted by atomic mass is 16.1. The molecule has 0 saturated heterocycles. The van der Waals surface area contributed by atoms with Gasteiger partial charge < -0.3 is 8.80 Å². The van der Waals surface area contributed by atoms with E-state index in [0.717, 1.165) is 84.7 Å². The van der Waals surface area contributed by atoms with E-state index < -0.39 is 0 Å². The lowest BCUT2D eigenvalue weighted by Crippen LogP contribution is -2.25. The molecule has 4 heterocycles. The van der Waals surface area contributed by atoms with E-state index in [-0.39, 0.29) is 11.8 Å². The van der Waals surface area contributed by atoms with Crippen molar-refractivity contribution in [1.82, 2.24) is 8.80 Å². The molecule has 14 aliphatic carbocycles. The van der Waals surface area contributed by atoms with E-state index in [2.05, 4.69) is 57.3 Å². The smallest absolute Gasteiger partial charge is 0.166 e. The number of benzene rings is 5. The maximum atomic E-state index is 14.9. The molecule has 4 unspecified atom stereocenters. The van der Waals surface area contributed by atoms with Gasteiger partial charge >= 0.3 is 0 Å². The Hall–Kier alpha value is -5.98. The van der Waals surface area contributed by atoms with Crippen molar-refractivity contribution in [2.45, 2.75) is 151 Å². The summed E-state index contributed by atoms with van der Waals surface area (Å²) in [7, 11) is 0. The van der Waals surface area contributed by atoms with Crippen LogP contribution in [-0.4, -0.2) is 20.4 Å². The standard InChI is InChI=1S/C64H54N4O2/c65-25-39-19-49-57(53-37-15-27-9-28(16-37)12-35(11-27)51(39)53)60-56-46-22-44-42(32-3-7-34(8-4-32)64(44)70)24-48(46)68-50-20-40(26-66)52-36-13-29-10-30(14-36)18-38(17-29)54(52)58(50)59(62(56)68)55-45-21-43-41(23-47(45)67(49)61(55)60)31-1-5-33(6-2-31)63(43)69/h19-24,27-38H,1-18H2. The van der Waals surface area contributed by atoms with Gasteiger partial charge in [-0.1, -0.05) is 0 Å². The molecule has 14 aliphatic rings. The monoisotopic (exact) mass is 910 g/mol. The van der Waals surface area contributed by atoms with Crippen molar-refractivity contribution in [2.75, 3.05) is 0 Å². The van der Waals surface area contributed by atoms with Crippen molar-refractivity contribution in [3.8, 4) is 12.1 Å². The van der Waals surface area contributed by atoms with Crippen LogP contribution in [0.15, 0.2) is 36.4 Å². The molecule has 5 aromatic carbocycles. The average Bonchev–Trinajstić information content (AvgIpc) is 3.92. The average molecular weight is 911 g/mol. The molecule has 6 heteroatoms. The predicted molar refractivity (Wildman–Crippen MR) is 274 cm³/mol. The SMILES string of the molecule is N#Cc1cc2c(c3c1C1CC4CC(C1)CC3C4)c1c3c4cc5c(cc4n4c6cc(C#N)c7c(c6c(c6c8cc9c(cc8n2c61)C1CCC(CC1)C9=O)c34)C1CC2CC(CC7C2)C1)C1CCC(CC1)C5=O. The summed E-state index contributed by atoms with van der Waals surface area (Å²) in [4.78, 5) is 29.7. The summed E-state index contributed by atoms with van der Waals surface area (Å²) in [6, 6.07) is 20.0. The van der Waals surface area contributed by atoms with Crippen molar-refractivity contribution in [3.05, 3.63) is 92.0 Å². The second-order valence-electron chi connectivity index (χ2n) is 25.7. The first-order valence-electron chi connectivity index (χ1n) is 27.9. The minimum absolute atomic E-state index is 0.0935. The van der Waals surface area contributed by atoms with Gasteiger partial charge in [0.1, 0.15) is 0 Å². The van der Waals surface area contributed by atoms with Crippen molar-refractivity contribution >= 4 is 87.8 Å². The molecule has 23 rings (SSSR count). The van der Waals surface area contributed by atoms with Crippen LogP contribution in [0.1, 0.15) is 216 Å². The van der Waals surface area contributed by atoms with E-state index >= 15 is 0 Å². The Morgan fingerprint density at radius 1 is 0.371 bits per heavy atom. The topological polar surface area (TPSA) is 90.5 Å². The van der Waals surface area contributed by atoms with E-state index in [1.54, 1.807) is 0 Å². The fraction of sp³-hybridized carbons (Fsp3) is 0.469. The van der Waals surface area contributed by atoms with Crippen LogP contribution < -0.4 is 0 Å². The Kier molecular flexibility index (Phi) is 6.68. The van der Waals surface area contributed by atoms with Crippen LogP contribution in [0.3, 0.4) is 0 Å². The lowest BCUT2D eigenvalue weighted by molar-refractivity contribution is 0.0891. The largest absolute Gasteiger partial charge is 0.308 e. The first kappa shape index (κ1) is 37.8. The lowest BCUT2D eigenvalue weighted by atomic mass is 9.67. The molecule has 6 fully saturated rings. The van der Waals surface area contributed by atoms with Gasteiger partial charge in [-0.05, 0) is 245 Å². The molecule has 0 N–H and O–H groups in total. The molecule has 9 aromatic rings. The first-order valence-corrected chi connectivity index (χ1v) is 27.9. The molecular weight excluding hydrogens is 857 g/mol. The quantitative estimate of drug-likeness (QED) is 0.152. The molecule has 0 spiro atoms. The van der Waals surface area contributed by atoms with Crippen LogP contribution in [0.2, 0.25) is 0 Å². The maximum Gasteiger partial charge on any atom is 0.166 e. The van der Waals surface area contributed by atoms with Crippen LogP contribution in [-0.2, 0) is 0 Å². The number of nitriles is 2. The van der Waals surface area contributed by atoms with Gasteiger partial charge in [-0.2, -0.15) is 10.5 Å². The molecule has 0 amide bonds. The molecule has 4 atom stereocenters. The van der Waals surface area contributed by atoms with Crippen molar-refractivity contribution < 1.29 is 9.59 Å². The fourth-order valence-corrected chi connectivity index (χ4v) is 20.6. The Morgan fingerprint density at radius 2 is 0.729 bits per heavy atom. The number of ketones is 2. The zero-order chi connectivity index (χ0) is 45.5. The minimum atomic E-state index is 0.0935. The first-order chi connectivity index (χ1) is 34.4. The number of hydrogen-bond acceptors (Lipinski definition) is 4. The van der Waals surface area contributed by atoms with Crippen LogP contribution in [0.25, 0.3) is 76.2 Å². The number of Topliss-reactive ketones (excluding diaryl/α,β-unsaturated/α-hetero) is 2. The third-order valence-electron chi connectivity index (χ3n) is 22.8. The van der Waals surface area contributed by atoms with Gasteiger partial charge in [-0.15, -0.1) is 0 Å². The predicted octanol–water partition coefficient (Wildman–Crippen LogP) is 15.5. The van der Waals surface area contributed by atoms with E-state index in [0.29, 0.717) is 70.7 Å². The number of hydrogen-bond donors (Lipinski definition) is 0. The number of fused-ring (bicyclic) bond motifs is 18. The number of carbonyl (C=O) groups excluding carboxylic acids is 2. The summed E-state index contributed by atoms with van der Waals surface area (Å²) < 4.78 is 5.24. The molecule has 4 aromatic heterocycles. The molecule has 70 heavy (non-hydrogen) atoms. The molecule has 0 radical (unpaired) electrons. The maximum absolute atomic E-state index is 14.9. The van der Waals surface area contributed by atoms with Crippen LogP contribution in [0.5, 0.6) is 0 Å². The second kappa shape index (κ2) is 12.4. The summed E-state index contributed by atoms with van der Waals surface area (Å²) in [5.74, 6) is 6.04. The van der Waals surface area contributed by atoms with Gasteiger partial charge in [0.2, 0.25) is 0 Å². The van der Waals surface area contributed by atoms with E-state index in [4.69, 9.17) is 0 Å². The Balaban J connectivity index is 1.11. The zero-order valence-corrected chi connectivity index (χ0v) is 39.7. The highest BCUT2D eigenvalue weighted by molar-refractivity contribution is 6.46. The van der Waals surface area contributed by atoms with Crippen LogP contribution in [0, 0.1) is 58.2 Å².